The molecule has 5 heteroatoms. The van der Waals surface area contributed by atoms with E-state index in [0.29, 0.717) is 32.1 Å². The standard InChI is InChI=1S/C20H32O5/c1-2-3-6-9-15(21)12-13-17-16(18(22)14-19(17)23)10-7-4-5-8-11-20(24)25/h3-4,6-7,12-13,15-19,21-23H,2,5,8-11,14H2,1H3,(H,24,25)/b6-3+,7-4-,13-12-/t15-,16+,17+,18-,19+/m0/s1. The summed E-state index contributed by atoms with van der Waals surface area (Å²) in [6.07, 6.45) is 13.5. The van der Waals surface area contributed by atoms with Gasteiger partial charge < -0.3 is 20.4 Å². The van der Waals surface area contributed by atoms with Crippen LogP contribution in [-0.4, -0.2) is 44.7 Å². The lowest BCUT2D eigenvalue weighted by molar-refractivity contribution is -0.137. The number of hydrogen-bond donors (Lipinski definition) is 4. The van der Waals surface area contributed by atoms with Crippen molar-refractivity contribution in [3.05, 3.63) is 36.5 Å². The third kappa shape index (κ3) is 8.47. The molecular formula is C20H32O5. The highest BCUT2D eigenvalue weighted by molar-refractivity contribution is 5.66. The zero-order chi connectivity index (χ0) is 18.7. The Morgan fingerprint density at radius 2 is 1.92 bits per heavy atom. The maximum atomic E-state index is 10.5. The zero-order valence-corrected chi connectivity index (χ0v) is 15.0. The molecule has 0 aromatic carbocycles. The average Bonchev–Trinajstić information content (AvgIpc) is 2.82. The molecule has 0 saturated heterocycles. The Morgan fingerprint density at radius 3 is 2.60 bits per heavy atom. The van der Waals surface area contributed by atoms with Crippen LogP contribution in [0.1, 0.15) is 51.9 Å². The molecule has 0 radical (unpaired) electrons. The molecule has 5 nitrogen and oxygen atoms in total. The molecule has 1 fully saturated rings. The van der Waals surface area contributed by atoms with Crippen molar-refractivity contribution in [3.8, 4) is 0 Å². The molecule has 0 aliphatic heterocycles. The number of aliphatic carboxylic acids is 1. The van der Waals surface area contributed by atoms with E-state index in [-0.39, 0.29) is 18.3 Å². The summed E-state index contributed by atoms with van der Waals surface area (Å²) >= 11 is 0. The zero-order valence-electron chi connectivity index (χ0n) is 15.0. The van der Waals surface area contributed by atoms with E-state index in [1.807, 2.05) is 37.3 Å². The van der Waals surface area contributed by atoms with Gasteiger partial charge in [-0.05, 0) is 38.0 Å². The summed E-state index contributed by atoms with van der Waals surface area (Å²) < 4.78 is 0. The second-order valence-electron chi connectivity index (χ2n) is 6.67. The van der Waals surface area contributed by atoms with Gasteiger partial charge in [0.15, 0.2) is 0 Å². The molecule has 1 rings (SSSR count). The van der Waals surface area contributed by atoms with Crippen molar-refractivity contribution in [2.75, 3.05) is 0 Å². The van der Waals surface area contributed by atoms with Crippen LogP contribution in [0.5, 0.6) is 0 Å². The average molecular weight is 352 g/mol. The third-order valence-electron chi connectivity index (χ3n) is 4.59. The highest BCUT2D eigenvalue weighted by Gasteiger charge is 2.39. The maximum absolute atomic E-state index is 10.5. The fourth-order valence-corrected chi connectivity index (χ4v) is 3.19. The number of hydrogen-bond acceptors (Lipinski definition) is 4. The van der Waals surface area contributed by atoms with E-state index in [1.54, 1.807) is 6.08 Å². The maximum Gasteiger partial charge on any atom is 0.303 e. The van der Waals surface area contributed by atoms with Crippen LogP contribution in [0.3, 0.4) is 0 Å². The molecule has 0 heterocycles. The van der Waals surface area contributed by atoms with Gasteiger partial charge in [0, 0.05) is 18.8 Å². The summed E-state index contributed by atoms with van der Waals surface area (Å²) in [5.41, 5.74) is 0. The molecule has 5 atom stereocenters. The van der Waals surface area contributed by atoms with Crippen molar-refractivity contribution < 1.29 is 25.2 Å². The van der Waals surface area contributed by atoms with Crippen LogP contribution in [0.2, 0.25) is 0 Å². The number of aliphatic hydroxyl groups is 3. The Hall–Kier alpha value is -1.43. The molecule has 0 unspecified atom stereocenters. The van der Waals surface area contributed by atoms with Crippen LogP contribution >= 0.6 is 0 Å². The van der Waals surface area contributed by atoms with E-state index in [1.165, 1.54) is 0 Å². The molecule has 1 aliphatic carbocycles. The molecule has 0 bridgehead atoms. The fraction of sp³-hybridized carbons (Fsp3) is 0.650. The summed E-state index contributed by atoms with van der Waals surface area (Å²) in [5, 5.41) is 38.9. The van der Waals surface area contributed by atoms with E-state index in [0.717, 1.165) is 6.42 Å². The van der Waals surface area contributed by atoms with Crippen molar-refractivity contribution in [1.29, 1.82) is 0 Å². The number of aliphatic hydroxyl groups excluding tert-OH is 3. The van der Waals surface area contributed by atoms with E-state index in [4.69, 9.17) is 5.11 Å². The number of unbranched alkanes of at least 4 members (excludes halogenated alkanes) is 1. The van der Waals surface area contributed by atoms with Gasteiger partial charge in [0.25, 0.3) is 0 Å². The molecule has 1 saturated carbocycles. The van der Waals surface area contributed by atoms with Crippen LogP contribution in [-0.2, 0) is 4.79 Å². The topological polar surface area (TPSA) is 98.0 Å². The normalized spacial score (nSPS) is 28.5. The van der Waals surface area contributed by atoms with E-state index >= 15 is 0 Å². The molecule has 142 valence electrons. The van der Waals surface area contributed by atoms with Gasteiger partial charge in [-0.25, -0.2) is 0 Å². The molecule has 0 spiro atoms. The van der Waals surface area contributed by atoms with Gasteiger partial charge in [-0.3, -0.25) is 4.79 Å². The molecule has 0 aromatic heterocycles. The highest BCUT2D eigenvalue weighted by Crippen LogP contribution is 2.36. The summed E-state index contributed by atoms with van der Waals surface area (Å²) in [6.45, 7) is 2.04. The first-order valence-electron chi connectivity index (χ1n) is 9.20. The lowest BCUT2D eigenvalue weighted by atomic mass is 9.89. The smallest absolute Gasteiger partial charge is 0.303 e. The predicted octanol–water partition coefficient (Wildman–Crippen LogP) is 2.82. The van der Waals surface area contributed by atoms with Crippen molar-refractivity contribution in [2.24, 2.45) is 11.8 Å². The second-order valence-corrected chi connectivity index (χ2v) is 6.67. The van der Waals surface area contributed by atoms with Gasteiger partial charge in [0.05, 0.1) is 18.3 Å². The fourth-order valence-electron chi connectivity index (χ4n) is 3.19. The molecule has 25 heavy (non-hydrogen) atoms. The van der Waals surface area contributed by atoms with Gasteiger partial charge in [0.2, 0.25) is 0 Å². The predicted molar refractivity (Wildman–Crippen MR) is 98.0 cm³/mol. The van der Waals surface area contributed by atoms with E-state index in [9.17, 15) is 20.1 Å². The van der Waals surface area contributed by atoms with Crippen LogP contribution < -0.4 is 0 Å². The Morgan fingerprint density at radius 1 is 1.16 bits per heavy atom. The molecule has 4 N–H and O–H groups in total. The Kier molecular flexibility index (Phi) is 10.4. The third-order valence-corrected chi connectivity index (χ3v) is 4.59. The lowest BCUT2D eigenvalue weighted by Crippen LogP contribution is -2.20. The Labute approximate surface area is 150 Å². The quantitative estimate of drug-likeness (QED) is 0.339. The summed E-state index contributed by atoms with van der Waals surface area (Å²) in [6, 6.07) is 0. The van der Waals surface area contributed by atoms with Crippen LogP contribution in [0.4, 0.5) is 0 Å². The summed E-state index contributed by atoms with van der Waals surface area (Å²) in [5.74, 6) is -1.05. The first-order chi connectivity index (χ1) is 12.0. The van der Waals surface area contributed by atoms with Gasteiger partial charge in [-0.2, -0.15) is 0 Å². The van der Waals surface area contributed by atoms with Gasteiger partial charge in [-0.1, -0.05) is 43.4 Å². The van der Waals surface area contributed by atoms with Crippen LogP contribution in [0.15, 0.2) is 36.5 Å². The minimum atomic E-state index is -0.791. The lowest BCUT2D eigenvalue weighted by Gasteiger charge is -2.19. The number of carboxylic acid groups (broad SMARTS) is 1. The molecule has 0 amide bonds. The molecular weight excluding hydrogens is 320 g/mol. The monoisotopic (exact) mass is 352 g/mol. The van der Waals surface area contributed by atoms with Gasteiger partial charge >= 0.3 is 5.97 Å². The number of allylic oxidation sites excluding steroid dienone is 3. The van der Waals surface area contributed by atoms with Crippen molar-refractivity contribution in [2.45, 2.75) is 70.2 Å². The van der Waals surface area contributed by atoms with Gasteiger partial charge in [0.1, 0.15) is 0 Å². The van der Waals surface area contributed by atoms with Crippen molar-refractivity contribution in [3.63, 3.8) is 0 Å². The minimum Gasteiger partial charge on any atom is -0.481 e. The molecule has 1 aliphatic rings. The van der Waals surface area contributed by atoms with Crippen LogP contribution in [0, 0.1) is 11.8 Å². The van der Waals surface area contributed by atoms with Crippen molar-refractivity contribution >= 4 is 5.97 Å². The second kappa shape index (κ2) is 12.0. The largest absolute Gasteiger partial charge is 0.481 e. The van der Waals surface area contributed by atoms with E-state index in [2.05, 4.69) is 0 Å². The minimum absolute atomic E-state index is 0.0830. The number of carbonyl (C=O) groups is 1. The molecule has 0 aromatic rings. The SMILES string of the molecule is CC/C=C/C[C@H](O)/C=C\[C@@H]1[C@@H](C/C=C\CCCC(=O)O)[C@@H](O)C[C@H]1O. The van der Waals surface area contributed by atoms with E-state index < -0.39 is 24.3 Å². The highest BCUT2D eigenvalue weighted by atomic mass is 16.4. The van der Waals surface area contributed by atoms with Gasteiger partial charge in [-0.15, -0.1) is 0 Å². The van der Waals surface area contributed by atoms with Crippen LogP contribution in [0.25, 0.3) is 0 Å². The number of rotatable bonds is 11. The Balaban J connectivity index is 2.50. The summed E-state index contributed by atoms with van der Waals surface area (Å²) in [4.78, 5) is 10.5. The summed E-state index contributed by atoms with van der Waals surface area (Å²) in [7, 11) is 0. The first kappa shape index (κ1) is 21.6. The first-order valence-corrected chi connectivity index (χ1v) is 9.20. The van der Waals surface area contributed by atoms with Crippen molar-refractivity contribution in [1.82, 2.24) is 0 Å². The Bertz CT molecular complexity index is 469. The number of carboxylic acids is 1.